The van der Waals surface area contributed by atoms with E-state index in [-0.39, 0.29) is 17.7 Å². The van der Waals surface area contributed by atoms with Crippen LogP contribution < -0.4 is 15.0 Å². The zero-order chi connectivity index (χ0) is 24.8. The molecule has 0 bridgehead atoms. The van der Waals surface area contributed by atoms with Crippen LogP contribution in [0.2, 0.25) is 0 Å². The Bertz CT molecular complexity index is 1170. The van der Waals surface area contributed by atoms with Gasteiger partial charge in [0.15, 0.2) is 5.76 Å². The number of carbonyl (C=O) groups is 3. The summed E-state index contributed by atoms with van der Waals surface area (Å²) in [4.78, 5) is 40.8. The lowest BCUT2D eigenvalue weighted by Gasteiger charge is -2.32. The van der Waals surface area contributed by atoms with Gasteiger partial charge in [-0.05, 0) is 66.9 Å². The first kappa shape index (κ1) is 24.1. The fourth-order valence-electron chi connectivity index (χ4n) is 4.36. The van der Waals surface area contributed by atoms with Crippen molar-refractivity contribution in [2.24, 2.45) is 0 Å². The topological polar surface area (TPSA) is 98.1 Å². The minimum atomic E-state index is -1.01. The molecule has 1 heterocycles. The zero-order valence-electron chi connectivity index (χ0n) is 19.7. The molecule has 1 N–H and O–H groups in total. The van der Waals surface area contributed by atoms with E-state index in [9.17, 15) is 14.4 Å². The number of methoxy groups -OCH3 is 2. The second-order valence-corrected chi connectivity index (χ2v) is 8.36. The molecule has 8 heteroatoms. The van der Waals surface area contributed by atoms with Crippen LogP contribution in [0.5, 0.6) is 5.75 Å². The van der Waals surface area contributed by atoms with Crippen molar-refractivity contribution < 1.29 is 28.3 Å². The van der Waals surface area contributed by atoms with Gasteiger partial charge < -0.3 is 19.2 Å². The Morgan fingerprint density at radius 3 is 2.37 bits per heavy atom. The smallest absolute Gasteiger partial charge is 0.337 e. The number of hydrogen-bond donors (Lipinski definition) is 1. The van der Waals surface area contributed by atoms with Crippen molar-refractivity contribution in [3.8, 4) is 5.75 Å². The first-order valence-corrected chi connectivity index (χ1v) is 11.5. The highest BCUT2D eigenvalue weighted by molar-refractivity contribution is 6.09. The number of ether oxygens (including phenoxy) is 2. The molecule has 0 radical (unpaired) electrons. The van der Waals surface area contributed by atoms with E-state index in [0.717, 1.165) is 25.7 Å². The third kappa shape index (κ3) is 5.37. The average molecular weight is 477 g/mol. The summed E-state index contributed by atoms with van der Waals surface area (Å²) in [6.45, 7) is 0. The largest absolute Gasteiger partial charge is 0.497 e. The van der Waals surface area contributed by atoms with Crippen LogP contribution in [-0.4, -0.2) is 38.0 Å². The number of furan rings is 1. The van der Waals surface area contributed by atoms with Gasteiger partial charge in [-0.15, -0.1) is 0 Å². The van der Waals surface area contributed by atoms with Crippen molar-refractivity contribution in [3.05, 3.63) is 83.8 Å². The third-order valence-corrected chi connectivity index (χ3v) is 6.13. The second-order valence-electron chi connectivity index (χ2n) is 8.36. The molecule has 2 amide bonds. The van der Waals surface area contributed by atoms with Crippen molar-refractivity contribution in [1.82, 2.24) is 5.32 Å². The number of carbonyl (C=O) groups excluding carboxylic acids is 3. The Balaban J connectivity index is 1.81. The third-order valence-electron chi connectivity index (χ3n) is 6.13. The summed E-state index contributed by atoms with van der Waals surface area (Å²) in [6.07, 6.45) is 5.32. The molecular formula is C27H28N2O6. The molecule has 1 aromatic heterocycles. The van der Waals surface area contributed by atoms with E-state index in [2.05, 4.69) is 5.32 Å². The van der Waals surface area contributed by atoms with E-state index < -0.39 is 17.9 Å². The summed E-state index contributed by atoms with van der Waals surface area (Å²) in [5.74, 6) is -0.641. The Labute approximate surface area is 203 Å². The van der Waals surface area contributed by atoms with Gasteiger partial charge in [0.05, 0.1) is 26.0 Å². The first-order valence-electron chi connectivity index (χ1n) is 11.5. The van der Waals surface area contributed by atoms with Crippen LogP contribution >= 0.6 is 0 Å². The molecule has 182 valence electrons. The van der Waals surface area contributed by atoms with Crippen LogP contribution in [0.3, 0.4) is 0 Å². The van der Waals surface area contributed by atoms with Gasteiger partial charge in [0.1, 0.15) is 11.8 Å². The van der Waals surface area contributed by atoms with Gasteiger partial charge in [-0.3, -0.25) is 14.5 Å². The van der Waals surface area contributed by atoms with Gasteiger partial charge in [0.2, 0.25) is 5.91 Å². The molecule has 1 atom stereocenters. The lowest BCUT2D eigenvalue weighted by atomic mass is 10.0. The van der Waals surface area contributed by atoms with Crippen LogP contribution in [0.1, 0.15) is 58.2 Å². The van der Waals surface area contributed by atoms with E-state index in [1.165, 1.54) is 18.3 Å². The van der Waals surface area contributed by atoms with Gasteiger partial charge in [-0.25, -0.2) is 4.79 Å². The molecule has 8 nitrogen and oxygen atoms in total. The van der Waals surface area contributed by atoms with Gasteiger partial charge in [-0.1, -0.05) is 25.0 Å². The second kappa shape index (κ2) is 10.9. The van der Waals surface area contributed by atoms with Crippen molar-refractivity contribution in [3.63, 3.8) is 0 Å². The quantitative estimate of drug-likeness (QED) is 0.480. The number of nitrogens with one attached hydrogen (secondary N) is 1. The molecule has 1 fully saturated rings. The SMILES string of the molecule is COC(=O)c1ccc(N(C(=O)c2ccco2)[C@H](C(=O)NC2CCCC2)c2cccc(OC)c2)cc1. The normalized spacial score (nSPS) is 14.2. The van der Waals surface area contributed by atoms with Crippen LogP contribution in [-0.2, 0) is 9.53 Å². The highest BCUT2D eigenvalue weighted by Gasteiger charge is 2.36. The monoisotopic (exact) mass is 476 g/mol. The summed E-state index contributed by atoms with van der Waals surface area (Å²) in [6, 6.07) is 15.6. The van der Waals surface area contributed by atoms with E-state index in [0.29, 0.717) is 22.6 Å². The minimum absolute atomic E-state index is 0.0536. The number of hydrogen-bond acceptors (Lipinski definition) is 6. The Morgan fingerprint density at radius 2 is 1.74 bits per heavy atom. The molecule has 1 aliphatic carbocycles. The number of benzene rings is 2. The van der Waals surface area contributed by atoms with E-state index in [1.54, 1.807) is 67.8 Å². The van der Waals surface area contributed by atoms with Crippen molar-refractivity contribution >= 4 is 23.5 Å². The van der Waals surface area contributed by atoms with E-state index >= 15 is 0 Å². The van der Waals surface area contributed by atoms with Crippen LogP contribution in [0.25, 0.3) is 0 Å². The Kier molecular flexibility index (Phi) is 7.50. The number of esters is 1. The lowest BCUT2D eigenvalue weighted by molar-refractivity contribution is -0.123. The Hall–Kier alpha value is -4.07. The average Bonchev–Trinajstić information content (AvgIpc) is 3.61. The first-order chi connectivity index (χ1) is 17.0. The van der Waals surface area contributed by atoms with Crippen molar-refractivity contribution in [2.75, 3.05) is 19.1 Å². The van der Waals surface area contributed by atoms with Crippen molar-refractivity contribution in [1.29, 1.82) is 0 Å². The molecule has 2 aromatic carbocycles. The molecule has 0 aliphatic heterocycles. The fraction of sp³-hybridized carbons (Fsp3) is 0.296. The van der Waals surface area contributed by atoms with Gasteiger partial charge in [0, 0.05) is 11.7 Å². The molecule has 1 saturated carbocycles. The maximum Gasteiger partial charge on any atom is 0.337 e. The van der Waals surface area contributed by atoms with Gasteiger partial charge in [-0.2, -0.15) is 0 Å². The molecule has 0 saturated heterocycles. The maximum atomic E-state index is 13.8. The molecule has 4 rings (SSSR count). The number of rotatable bonds is 8. The van der Waals surface area contributed by atoms with Crippen molar-refractivity contribution in [2.45, 2.75) is 37.8 Å². The summed E-state index contributed by atoms with van der Waals surface area (Å²) in [5, 5.41) is 3.13. The molecule has 0 spiro atoms. The summed E-state index contributed by atoms with van der Waals surface area (Å²) < 4.78 is 15.6. The van der Waals surface area contributed by atoms with Crippen LogP contribution in [0.15, 0.2) is 71.3 Å². The number of amides is 2. The molecule has 1 aliphatic rings. The number of nitrogens with zero attached hydrogens (tertiary/aromatic N) is 1. The zero-order valence-corrected chi connectivity index (χ0v) is 19.7. The summed E-state index contributed by atoms with van der Waals surface area (Å²) in [5.41, 5.74) is 1.33. The highest BCUT2D eigenvalue weighted by Crippen LogP contribution is 2.32. The van der Waals surface area contributed by atoms with E-state index in [1.807, 2.05) is 0 Å². The predicted octanol–water partition coefficient (Wildman–Crippen LogP) is 4.52. The van der Waals surface area contributed by atoms with Gasteiger partial charge >= 0.3 is 5.97 Å². The highest BCUT2D eigenvalue weighted by atomic mass is 16.5. The number of anilines is 1. The predicted molar refractivity (Wildman–Crippen MR) is 129 cm³/mol. The van der Waals surface area contributed by atoms with Gasteiger partial charge in [0.25, 0.3) is 5.91 Å². The summed E-state index contributed by atoms with van der Waals surface area (Å²) >= 11 is 0. The maximum absolute atomic E-state index is 13.8. The molecular weight excluding hydrogens is 448 g/mol. The Morgan fingerprint density at radius 1 is 1.00 bits per heavy atom. The van der Waals surface area contributed by atoms with Crippen LogP contribution in [0.4, 0.5) is 5.69 Å². The molecule has 3 aromatic rings. The van der Waals surface area contributed by atoms with E-state index in [4.69, 9.17) is 13.9 Å². The fourth-order valence-corrected chi connectivity index (χ4v) is 4.36. The van der Waals surface area contributed by atoms with Crippen LogP contribution in [0, 0.1) is 0 Å². The standard InChI is InChI=1S/C27H28N2O6/c1-33-22-10-5-7-19(17-22)24(25(30)28-20-8-3-4-9-20)29(26(31)23-11-6-16-35-23)21-14-12-18(13-15-21)27(32)34-2/h5-7,10-17,20,24H,3-4,8-9H2,1-2H3,(H,28,30)/t24-/m0/s1. The minimum Gasteiger partial charge on any atom is -0.497 e. The summed E-state index contributed by atoms with van der Waals surface area (Å²) in [7, 11) is 2.85. The lowest BCUT2D eigenvalue weighted by Crippen LogP contribution is -2.46. The molecule has 35 heavy (non-hydrogen) atoms. The molecule has 0 unspecified atom stereocenters.